The zero-order valence-corrected chi connectivity index (χ0v) is 15.4. The summed E-state index contributed by atoms with van der Waals surface area (Å²) in [7, 11) is 0. The predicted molar refractivity (Wildman–Crippen MR) is 90.4 cm³/mol. The van der Waals surface area contributed by atoms with Crippen molar-refractivity contribution < 1.29 is 4.79 Å². The lowest BCUT2D eigenvalue weighted by Gasteiger charge is -2.33. The number of rotatable bonds is 2. The fraction of sp³-hybridized carbons (Fsp3) is 0.667. The van der Waals surface area contributed by atoms with Gasteiger partial charge in [0.2, 0.25) is 0 Å². The van der Waals surface area contributed by atoms with Crippen LogP contribution in [0.2, 0.25) is 0 Å². The minimum absolute atomic E-state index is 0.231. The Morgan fingerprint density at radius 1 is 1.15 bits per heavy atom. The van der Waals surface area contributed by atoms with E-state index in [1.54, 1.807) is 0 Å². The number of amides is 1. The zero-order chi connectivity index (χ0) is 14.1. The quantitative estimate of drug-likeness (QED) is 0.622. The maximum absolute atomic E-state index is 12.8. The number of carbonyl (C=O) groups is 1. The molecule has 1 amide bonds. The molecule has 2 nitrogen and oxygen atoms in total. The van der Waals surface area contributed by atoms with Crippen molar-refractivity contribution in [3.63, 3.8) is 0 Å². The molecule has 5 heteroatoms. The van der Waals surface area contributed by atoms with Crippen molar-refractivity contribution in [2.24, 2.45) is 5.92 Å². The third-order valence-corrected chi connectivity index (χ3v) is 7.85. The maximum atomic E-state index is 12.8. The summed E-state index contributed by atoms with van der Waals surface area (Å²) in [5, 5.41) is 0. The normalized spacial score (nSPS) is 24.3. The van der Waals surface area contributed by atoms with Gasteiger partial charge in [0, 0.05) is 17.1 Å². The van der Waals surface area contributed by atoms with Gasteiger partial charge in [0.05, 0.1) is 8.66 Å². The van der Waals surface area contributed by atoms with Gasteiger partial charge in [0.1, 0.15) is 0 Å². The Kier molecular flexibility index (Phi) is 4.88. The number of hydrogen-bond acceptors (Lipinski definition) is 2. The van der Waals surface area contributed by atoms with Gasteiger partial charge in [-0.25, -0.2) is 0 Å². The molecule has 0 bridgehead atoms. The highest BCUT2D eigenvalue weighted by molar-refractivity contribution is 9.13. The van der Waals surface area contributed by atoms with Gasteiger partial charge in [-0.15, -0.1) is 11.3 Å². The molecule has 2 fully saturated rings. The van der Waals surface area contributed by atoms with E-state index in [1.165, 1.54) is 56.3 Å². The first kappa shape index (κ1) is 15.0. The van der Waals surface area contributed by atoms with Crippen molar-refractivity contribution in [1.29, 1.82) is 0 Å². The summed E-state index contributed by atoms with van der Waals surface area (Å²) in [6, 6.07) is 2.44. The first-order valence-electron chi connectivity index (χ1n) is 7.42. The van der Waals surface area contributed by atoms with Crippen LogP contribution < -0.4 is 0 Å². The second-order valence-corrected chi connectivity index (χ2v) is 9.06. The second-order valence-electron chi connectivity index (χ2n) is 5.84. The van der Waals surface area contributed by atoms with E-state index in [0.717, 1.165) is 25.6 Å². The van der Waals surface area contributed by atoms with Crippen LogP contribution in [-0.2, 0) is 0 Å². The standard InChI is InChI=1S/C15H19Br2NOS/c16-11-9-13(20-14(11)17)15(19)18-8-4-7-12(18)10-5-2-1-3-6-10/h9-10,12H,1-8H2. The molecule has 0 aromatic carbocycles. The van der Waals surface area contributed by atoms with Crippen LogP contribution in [0.1, 0.15) is 54.6 Å². The molecule has 1 aromatic rings. The monoisotopic (exact) mass is 419 g/mol. The van der Waals surface area contributed by atoms with Crippen LogP contribution >= 0.6 is 43.2 Å². The van der Waals surface area contributed by atoms with Crippen LogP contribution in [0.3, 0.4) is 0 Å². The largest absolute Gasteiger partial charge is 0.335 e. The molecule has 1 aromatic heterocycles. The number of thiophene rings is 1. The fourth-order valence-corrected chi connectivity index (χ4v) is 5.64. The Balaban J connectivity index is 1.75. The average molecular weight is 421 g/mol. The van der Waals surface area contributed by atoms with E-state index in [2.05, 4.69) is 36.8 Å². The highest BCUT2D eigenvalue weighted by atomic mass is 79.9. The molecule has 1 saturated carbocycles. The molecule has 1 atom stereocenters. The summed E-state index contributed by atoms with van der Waals surface area (Å²) in [5.74, 6) is 0.969. The molecular formula is C15H19Br2NOS. The summed E-state index contributed by atoms with van der Waals surface area (Å²) >= 11 is 8.50. The summed E-state index contributed by atoms with van der Waals surface area (Å²) in [4.78, 5) is 15.8. The highest BCUT2D eigenvalue weighted by Gasteiger charge is 2.36. The number of halogens is 2. The van der Waals surface area contributed by atoms with Gasteiger partial charge in [-0.1, -0.05) is 19.3 Å². The summed E-state index contributed by atoms with van der Waals surface area (Å²) in [5.41, 5.74) is 0. The van der Waals surface area contributed by atoms with Crippen molar-refractivity contribution in [3.8, 4) is 0 Å². The third-order valence-electron chi connectivity index (χ3n) is 4.61. The van der Waals surface area contributed by atoms with Crippen molar-refractivity contribution in [3.05, 3.63) is 19.2 Å². The van der Waals surface area contributed by atoms with Gasteiger partial charge in [0.25, 0.3) is 5.91 Å². The Labute approximate surface area is 141 Å². The van der Waals surface area contributed by atoms with E-state index < -0.39 is 0 Å². The second kappa shape index (κ2) is 6.49. The molecule has 20 heavy (non-hydrogen) atoms. The molecule has 0 radical (unpaired) electrons. The minimum atomic E-state index is 0.231. The molecule has 1 aliphatic carbocycles. The lowest BCUT2D eigenvalue weighted by Crippen LogP contribution is -2.40. The van der Waals surface area contributed by atoms with Crippen molar-refractivity contribution in [2.45, 2.75) is 51.0 Å². The molecule has 0 N–H and O–H groups in total. The Bertz CT molecular complexity index is 477. The molecule has 0 spiro atoms. The van der Waals surface area contributed by atoms with Crippen molar-refractivity contribution >= 4 is 49.1 Å². The molecule has 2 aliphatic rings. The number of carbonyl (C=O) groups excluding carboxylic acids is 1. The first-order valence-corrected chi connectivity index (χ1v) is 9.83. The molecule has 3 rings (SSSR count). The van der Waals surface area contributed by atoms with Crippen LogP contribution in [0.5, 0.6) is 0 Å². The zero-order valence-electron chi connectivity index (χ0n) is 11.4. The van der Waals surface area contributed by atoms with E-state index >= 15 is 0 Å². The van der Waals surface area contributed by atoms with Gasteiger partial charge < -0.3 is 4.90 Å². The van der Waals surface area contributed by atoms with E-state index in [1.807, 2.05) is 6.07 Å². The van der Waals surface area contributed by atoms with Gasteiger partial charge in [-0.05, 0) is 69.5 Å². The van der Waals surface area contributed by atoms with Crippen LogP contribution in [0.15, 0.2) is 14.3 Å². The van der Waals surface area contributed by atoms with Crippen LogP contribution in [0, 0.1) is 5.92 Å². The summed E-state index contributed by atoms with van der Waals surface area (Å²) in [6.45, 7) is 0.938. The third kappa shape index (κ3) is 3.00. The number of likely N-dealkylation sites (tertiary alicyclic amines) is 1. The fourth-order valence-electron chi connectivity index (χ4n) is 3.65. The van der Waals surface area contributed by atoms with Gasteiger partial charge >= 0.3 is 0 Å². The van der Waals surface area contributed by atoms with Crippen LogP contribution in [0.25, 0.3) is 0 Å². The van der Waals surface area contributed by atoms with E-state index in [0.29, 0.717) is 6.04 Å². The average Bonchev–Trinajstić information content (AvgIpc) is 3.07. The minimum Gasteiger partial charge on any atom is -0.335 e. The summed E-state index contributed by atoms with van der Waals surface area (Å²) < 4.78 is 1.99. The smallest absolute Gasteiger partial charge is 0.264 e. The molecule has 2 heterocycles. The van der Waals surface area contributed by atoms with Crippen LogP contribution in [0.4, 0.5) is 0 Å². The Morgan fingerprint density at radius 2 is 1.90 bits per heavy atom. The first-order chi connectivity index (χ1) is 9.66. The lowest BCUT2D eigenvalue weighted by molar-refractivity contribution is 0.0666. The van der Waals surface area contributed by atoms with Crippen molar-refractivity contribution in [2.75, 3.05) is 6.54 Å². The highest BCUT2D eigenvalue weighted by Crippen LogP contribution is 2.37. The van der Waals surface area contributed by atoms with Crippen LogP contribution in [-0.4, -0.2) is 23.4 Å². The van der Waals surface area contributed by atoms with Gasteiger partial charge in [0.15, 0.2) is 0 Å². The molecule has 110 valence electrons. The van der Waals surface area contributed by atoms with Crippen molar-refractivity contribution in [1.82, 2.24) is 4.90 Å². The van der Waals surface area contributed by atoms with E-state index in [4.69, 9.17) is 0 Å². The molecule has 1 unspecified atom stereocenters. The topological polar surface area (TPSA) is 20.3 Å². The summed E-state index contributed by atoms with van der Waals surface area (Å²) in [6.07, 6.45) is 9.06. The predicted octanol–water partition coefficient (Wildman–Crippen LogP) is 5.46. The van der Waals surface area contributed by atoms with Gasteiger partial charge in [-0.2, -0.15) is 0 Å². The SMILES string of the molecule is O=C(c1cc(Br)c(Br)s1)N1CCCC1C1CCCCC1. The Hall–Kier alpha value is 0.130. The maximum Gasteiger partial charge on any atom is 0.264 e. The van der Waals surface area contributed by atoms with E-state index in [9.17, 15) is 4.79 Å². The molecule has 1 aliphatic heterocycles. The molecular weight excluding hydrogens is 402 g/mol. The lowest BCUT2D eigenvalue weighted by atomic mass is 9.83. The van der Waals surface area contributed by atoms with Gasteiger partial charge in [-0.3, -0.25) is 4.79 Å². The van der Waals surface area contributed by atoms with E-state index in [-0.39, 0.29) is 5.91 Å². The molecule has 1 saturated heterocycles. The Morgan fingerprint density at radius 3 is 2.55 bits per heavy atom. The number of hydrogen-bond donors (Lipinski definition) is 0. The number of nitrogens with zero attached hydrogens (tertiary/aromatic N) is 1.